The summed E-state index contributed by atoms with van der Waals surface area (Å²) in [5.74, 6) is -1.12. The summed E-state index contributed by atoms with van der Waals surface area (Å²) < 4.78 is 16.6. The van der Waals surface area contributed by atoms with Gasteiger partial charge in [0.25, 0.3) is 0 Å². The van der Waals surface area contributed by atoms with Crippen molar-refractivity contribution in [3.05, 3.63) is 122 Å². The SMILES string of the molecule is CC/C=C\C/C=C\C/C=C\CCCC(=O)OCC(COC(=O)CCC/C=C\C/C=C\C/C=C\C/C=C\CCCCC)OC(=O)CCC/C=C\C/C=C\C/C=C\CCCCCCCC. The first-order chi connectivity index (χ1) is 31.0. The summed E-state index contributed by atoms with van der Waals surface area (Å²) >= 11 is 0. The van der Waals surface area contributed by atoms with Crippen molar-refractivity contribution >= 4 is 17.9 Å². The van der Waals surface area contributed by atoms with Gasteiger partial charge in [0, 0.05) is 19.3 Å². The van der Waals surface area contributed by atoms with E-state index in [2.05, 4.69) is 142 Å². The second-order valence-corrected chi connectivity index (χ2v) is 16.0. The fourth-order valence-corrected chi connectivity index (χ4v) is 6.18. The second-order valence-electron chi connectivity index (χ2n) is 16.0. The Labute approximate surface area is 386 Å². The van der Waals surface area contributed by atoms with Crippen molar-refractivity contribution in [2.75, 3.05) is 13.2 Å². The highest BCUT2D eigenvalue weighted by Gasteiger charge is 2.19. The molecule has 0 aromatic heterocycles. The van der Waals surface area contributed by atoms with E-state index in [-0.39, 0.29) is 44.4 Å². The molecule has 0 aromatic rings. The predicted octanol–water partition coefficient (Wildman–Crippen LogP) is 16.5. The van der Waals surface area contributed by atoms with Gasteiger partial charge in [-0.05, 0) is 116 Å². The summed E-state index contributed by atoms with van der Waals surface area (Å²) in [5, 5.41) is 0. The molecule has 0 aliphatic carbocycles. The lowest BCUT2D eigenvalue weighted by Gasteiger charge is -2.18. The monoisotopic (exact) mass is 871 g/mol. The van der Waals surface area contributed by atoms with Gasteiger partial charge in [-0.1, -0.05) is 187 Å². The van der Waals surface area contributed by atoms with Gasteiger partial charge in [0.15, 0.2) is 6.10 Å². The minimum absolute atomic E-state index is 0.145. The molecular formula is C57H90O6. The van der Waals surface area contributed by atoms with E-state index in [1.807, 2.05) is 0 Å². The maximum atomic E-state index is 12.8. The van der Waals surface area contributed by atoms with E-state index in [0.29, 0.717) is 19.3 Å². The average Bonchev–Trinajstić information content (AvgIpc) is 3.28. The summed E-state index contributed by atoms with van der Waals surface area (Å²) in [5.41, 5.74) is 0. The van der Waals surface area contributed by atoms with Crippen LogP contribution in [0.1, 0.15) is 201 Å². The van der Waals surface area contributed by atoms with E-state index in [1.54, 1.807) is 0 Å². The van der Waals surface area contributed by atoms with Crippen LogP contribution in [0.4, 0.5) is 0 Å². The van der Waals surface area contributed by atoms with Crippen LogP contribution >= 0.6 is 0 Å². The van der Waals surface area contributed by atoms with Gasteiger partial charge in [-0.15, -0.1) is 0 Å². The maximum Gasteiger partial charge on any atom is 0.306 e. The Morgan fingerprint density at radius 1 is 0.333 bits per heavy atom. The number of carbonyl (C=O) groups is 3. The molecule has 0 spiro atoms. The molecule has 0 saturated heterocycles. The van der Waals surface area contributed by atoms with Crippen molar-refractivity contribution in [1.29, 1.82) is 0 Å². The molecule has 63 heavy (non-hydrogen) atoms. The number of ether oxygens (including phenoxy) is 3. The molecule has 0 aliphatic heterocycles. The van der Waals surface area contributed by atoms with E-state index in [0.717, 1.165) is 70.6 Å². The summed E-state index contributed by atoms with van der Waals surface area (Å²) in [6.45, 7) is 6.32. The number of rotatable bonds is 43. The van der Waals surface area contributed by atoms with Gasteiger partial charge in [0.05, 0.1) is 0 Å². The summed E-state index contributed by atoms with van der Waals surface area (Å²) in [6, 6.07) is 0. The molecule has 6 heteroatoms. The van der Waals surface area contributed by atoms with E-state index in [1.165, 1.54) is 70.6 Å². The molecule has 1 atom stereocenters. The first-order valence-corrected chi connectivity index (χ1v) is 25.0. The molecule has 0 N–H and O–H groups in total. The van der Waals surface area contributed by atoms with Gasteiger partial charge < -0.3 is 14.2 Å². The summed E-state index contributed by atoms with van der Waals surface area (Å²) in [7, 11) is 0. The van der Waals surface area contributed by atoms with E-state index in [9.17, 15) is 14.4 Å². The number of esters is 3. The van der Waals surface area contributed by atoms with Gasteiger partial charge in [-0.3, -0.25) is 14.4 Å². The third kappa shape index (κ3) is 48.7. The van der Waals surface area contributed by atoms with Gasteiger partial charge in [0.1, 0.15) is 13.2 Å². The number of allylic oxidation sites excluding steroid dienone is 20. The zero-order chi connectivity index (χ0) is 45.8. The largest absolute Gasteiger partial charge is 0.462 e. The molecule has 0 rings (SSSR count). The summed E-state index contributed by atoms with van der Waals surface area (Å²) in [6.07, 6.45) is 69.2. The zero-order valence-corrected chi connectivity index (χ0v) is 40.3. The Hall–Kier alpha value is -4.19. The van der Waals surface area contributed by atoms with Crippen LogP contribution < -0.4 is 0 Å². The Morgan fingerprint density at radius 3 is 1.00 bits per heavy atom. The lowest BCUT2D eigenvalue weighted by molar-refractivity contribution is -0.166. The molecule has 0 heterocycles. The highest BCUT2D eigenvalue weighted by molar-refractivity contribution is 5.71. The Bertz CT molecular complexity index is 1370. The average molecular weight is 871 g/mol. The zero-order valence-electron chi connectivity index (χ0n) is 40.3. The molecule has 0 aromatic carbocycles. The van der Waals surface area contributed by atoms with Crippen molar-refractivity contribution in [2.24, 2.45) is 0 Å². The number of unbranched alkanes of at least 4 members (excludes halogenated alkanes) is 12. The van der Waals surface area contributed by atoms with Crippen LogP contribution in [0.25, 0.3) is 0 Å². The van der Waals surface area contributed by atoms with Crippen LogP contribution in [0.3, 0.4) is 0 Å². The maximum absolute atomic E-state index is 12.8. The van der Waals surface area contributed by atoms with Crippen LogP contribution in [0, 0.1) is 0 Å². The molecule has 0 fully saturated rings. The van der Waals surface area contributed by atoms with Crippen molar-refractivity contribution < 1.29 is 28.6 Å². The van der Waals surface area contributed by atoms with Crippen molar-refractivity contribution in [3.8, 4) is 0 Å². The van der Waals surface area contributed by atoms with Crippen LogP contribution in [-0.2, 0) is 28.6 Å². The molecule has 6 nitrogen and oxygen atoms in total. The van der Waals surface area contributed by atoms with Crippen LogP contribution in [0.5, 0.6) is 0 Å². The molecule has 0 radical (unpaired) electrons. The fraction of sp³-hybridized carbons (Fsp3) is 0.596. The van der Waals surface area contributed by atoms with Crippen LogP contribution in [-0.4, -0.2) is 37.2 Å². The van der Waals surface area contributed by atoms with Gasteiger partial charge in [0.2, 0.25) is 0 Å². The number of carbonyl (C=O) groups excluding carboxylic acids is 3. The second kappa shape index (κ2) is 50.5. The normalized spacial score (nSPS) is 13.1. The molecule has 0 amide bonds. The number of hydrogen-bond acceptors (Lipinski definition) is 6. The van der Waals surface area contributed by atoms with Gasteiger partial charge in [-0.2, -0.15) is 0 Å². The van der Waals surface area contributed by atoms with E-state index >= 15 is 0 Å². The predicted molar refractivity (Wildman–Crippen MR) is 269 cm³/mol. The van der Waals surface area contributed by atoms with E-state index in [4.69, 9.17) is 14.2 Å². The third-order valence-electron chi connectivity index (χ3n) is 9.92. The lowest BCUT2D eigenvalue weighted by atomic mass is 10.1. The van der Waals surface area contributed by atoms with Crippen molar-refractivity contribution in [1.82, 2.24) is 0 Å². The quantitative estimate of drug-likeness (QED) is 0.0263. The van der Waals surface area contributed by atoms with Crippen LogP contribution in [0.15, 0.2) is 122 Å². The Balaban J connectivity index is 4.61. The first-order valence-electron chi connectivity index (χ1n) is 25.0. The standard InChI is InChI=1S/C57H90O6/c1-4-7-10-13-16-19-22-24-26-28-30-32-35-38-41-44-47-50-56(59)62-53-54(52-61-55(58)49-46-43-40-37-34-21-18-15-12-9-6-3)63-57(60)51-48-45-42-39-36-33-31-29-27-25-23-20-17-14-11-8-5-2/h9,12,16,18-19,21,24-27,30-33,37-42,54H,4-8,10-11,13-15,17,20,22-23,28-29,34-36,43-53H2,1-3H3/b12-9-,19-16-,21-18-,26-24-,27-25-,32-30-,33-31-,40-37-,41-38-,42-39-. The van der Waals surface area contributed by atoms with Crippen LogP contribution in [0.2, 0.25) is 0 Å². The molecule has 0 bridgehead atoms. The summed E-state index contributed by atoms with van der Waals surface area (Å²) in [4.78, 5) is 37.8. The van der Waals surface area contributed by atoms with Crippen molar-refractivity contribution in [3.63, 3.8) is 0 Å². The Kier molecular flexibility index (Phi) is 47.1. The third-order valence-corrected chi connectivity index (χ3v) is 9.92. The molecule has 354 valence electrons. The van der Waals surface area contributed by atoms with Gasteiger partial charge >= 0.3 is 17.9 Å². The molecule has 0 aliphatic rings. The number of hydrogen-bond donors (Lipinski definition) is 0. The Morgan fingerprint density at radius 2 is 0.619 bits per heavy atom. The van der Waals surface area contributed by atoms with E-state index < -0.39 is 12.1 Å². The van der Waals surface area contributed by atoms with Gasteiger partial charge in [-0.25, -0.2) is 0 Å². The van der Waals surface area contributed by atoms with Crippen molar-refractivity contribution in [2.45, 2.75) is 207 Å². The molecular weight excluding hydrogens is 781 g/mol. The minimum atomic E-state index is -0.849. The highest BCUT2D eigenvalue weighted by Crippen LogP contribution is 2.10. The molecule has 1 unspecified atom stereocenters. The fourth-order valence-electron chi connectivity index (χ4n) is 6.18. The minimum Gasteiger partial charge on any atom is -0.462 e. The smallest absolute Gasteiger partial charge is 0.306 e. The first kappa shape index (κ1) is 58.8. The topological polar surface area (TPSA) is 78.9 Å². The lowest BCUT2D eigenvalue weighted by Crippen LogP contribution is -2.30. The molecule has 0 saturated carbocycles. The highest BCUT2D eigenvalue weighted by atomic mass is 16.6.